The van der Waals surface area contributed by atoms with Crippen molar-refractivity contribution in [2.24, 2.45) is 0 Å². The Morgan fingerprint density at radius 2 is 1.62 bits per heavy atom. The summed E-state index contributed by atoms with van der Waals surface area (Å²) < 4.78 is 0. The quantitative estimate of drug-likeness (QED) is 0.112. The van der Waals surface area contributed by atoms with Crippen molar-refractivity contribution in [2.45, 2.75) is 65.8 Å². The van der Waals surface area contributed by atoms with Gasteiger partial charge in [-0.1, -0.05) is 71.8 Å². The van der Waals surface area contributed by atoms with Crippen molar-refractivity contribution in [3.63, 3.8) is 0 Å². The number of nitrogens with two attached hydrogens (primary N) is 1. The summed E-state index contributed by atoms with van der Waals surface area (Å²) in [5.74, 6) is 6.71. The molecule has 0 spiro atoms. The van der Waals surface area contributed by atoms with E-state index in [4.69, 9.17) is 5.73 Å². The van der Waals surface area contributed by atoms with Crippen LogP contribution >= 0.6 is 0 Å². The average Bonchev–Trinajstić information content (AvgIpc) is 3.02. The van der Waals surface area contributed by atoms with Gasteiger partial charge in [0.15, 0.2) is 0 Å². The Morgan fingerprint density at radius 3 is 2.19 bits per heavy atom. The number of rotatable bonds is 9. The summed E-state index contributed by atoms with van der Waals surface area (Å²) in [7, 11) is 1.95. The van der Waals surface area contributed by atoms with Crippen LogP contribution in [0.2, 0.25) is 0 Å². The van der Waals surface area contributed by atoms with Gasteiger partial charge in [-0.2, -0.15) is 4.98 Å². The first-order valence-electron chi connectivity index (χ1n) is 14.4. The number of benzene rings is 1. The third kappa shape index (κ3) is 12.7. The lowest BCUT2D eigenvalue weighted by atomic mass is 10.2. The number of aldehydes is 1. The first-order valence-corrected chi connectivity index (χ1v) is 14.4. The third-order valence-corrected chi connectivity index (χ3v) is 5.94. The number of anilines is 3. The fourth-order valence-corrected chi connectivity index (χ4v) is 3.34. The van der Waals surface area contributed by atoms with Gasteiger partial charge in [-0.05, 0) is 61.5 Å². The molecular formula is C34H43N7O. The fraction of sp³-hybridized carbons (Fsp3) is 0.324. The maximum atomic E-state index is 10.8. The summed E-state index contributed by atoms with van der Waals surface area (Å²) in [4.78, 5) is 27.9. The molecule has 4 aromatic rings. The van der Waals surface area contributed by atoms with Crippen LogP contribution in [0.5, 0.6) is 0 Å². The monoisotopic (exact) mass is 565 g/mol. The molecule has 0 atom stereocenters. The van der Waals surface area contributed by atoms with Crippen molar-refractivity contribution in [1.29, 1.82) is 0 Å². The van der Waals surface area contributed by atoms with Crippen molar-refractivity contribution in [1.82, 2.24) is 25.3 Å². The smallest absolute Gasteiger partial charge is 0.229 e. The summed E-state index contributed by atoms with van der Waals surface area (Å²) in [5, 5.41) is 6.15. The predicted octanol–water partition coefficient (Wildman–Crippen LogP) is 7.06. The van der Waals surface area contributed by atoms with E-state index in [1.165, 1.54) is 32.1 Å². The Bertz CT molecular complexity index is 1390. The number of hydrogen-bond donors (Lipinski definition) is 3. The Morgan fingerprint density at radius 1 is 0.905 bits per heavy atom. The van der Waals surface area contributed by atoms with Gasteiger partial charge in [0.1, 0.15) is 17.8 Å². The number of pyridine rings is 2. The molecule has 4 rings (SSSR count). The molecule has 3 aromatic heterocycles. The van der Waals surface area contributed by atoms with E-state index < -0.39 is 0 Å². The molecule has 42 heavy (non-hydrogen) atoms. The standard InChI is InChI=1S/C23H16N6O.C7H16.C4H11N/c24-22-20(21-3-1-2-11-26-21)14-27-23(29-22)28-18-7-4-16(5-8-18)6-9-19-13-17(15-30)10-12-25-19;1-3-5-7-6-4-2;1-4(2)5-3/h1-5,7-8,10-15H,(H3,24,27,28,29);3-7H2,1-2H3;4-5H,1-3H3. The number of hydrogen-bond acceptors (Lipinski definition) is 8. The zero-order chi connectivity index (χ0) is 30.6. The van der Waals surface area contributed by atoms with Gasteiger partial charge in [0, 0.05) is 41.4 Å². The molecule has 0 aliphatic carbocycles. The first kappa shape index (κ1) is 33.6. The molecule has 0 bridgehead atoms. The molecule has 4 N–H and O–H groups in total. The molecule has 8 nitrogen and oxygen atoms in total. The number of nitrogens with one attached hydrogen (secondary N) is 2. The van der Waals surface area contributed by atoms with Gasteiger partial charge in [0.25, 0.3) is 0 Å². The number of nitrogen functional groups attached to an aromatic ring is 1. The van der Waals surface area contributed by atoms with Crippen LogP contribution in [-0.4, -0.2) is 39.3 Å². The Hall–Kier alpha value is -4.61. The number of carbonyl (C=O) groups is 1. The zero-order valence-electron chi connectivity index (χ0n) is 25.4. The normalized spacial score (nSPS) is 9.86. The van der Waals surface area contributed by atoms with Crippen molar-refractivity contribution in [2.75, 3.05) is 18.1 Å². The van der Waals surface area contributed by atoms with Crippen molar-refractivity contribution < 1.29 is 4.79 Å². The van der Waals surface area contributed by atoms with Crippen LogP contribution in [0, 0.1) is 11.8 Å². The van der Waals surface area contributed by atoms with Crippen LogP contribution in [-0.2, 0) is 0 Å². The summed E-state index contributed by atoms with van der Waals surface area (Å²) in [6.07, 6.45) is 12.7. The lowest BCUT2D eigenvalue weighted by Crippen LogP contribution is -2.15. The first-order chi connectivity index (χ1) is 20.4. The molecular weight excluding hydrogens is 522 g/mol. The summed E-state index contributed by atoms with van der Waals surface area (Å²) in [6.45, 7) is 8.71. The molecule has 0 aliphatic rings. The van der Waals surface area contributed by atoms with Gasteiger partial charge in [0.05, 0.1) is 11.3 Å². The van der Waals surface area contributed by atoms with E-state index in [1.807, 2.05) is 49.5 Å². The molecule has 1 aromatic carbocycles. The second kappa shape index (κ2) is 19.5. The van der Waals surface area contributed by atoms with Crippen LogP contribution in [0.3, 0.4) is 0 Å². The van der Waals surface area contributed by atoms with Crippen molar-refractivity contribution >= 4 is 23.7 Å². The predicted molar refractivity (Wildman–Crippen MR) is 174 cm³/mol. The average molecular weight is 566 g/mol. The van der Waals surface area contributed by atoms with E-state index in [0.717, 1.165) is 23.2 Å². The van der Waals surface area contributed by atoms with Crippen LogP contribution < -0.4 is 16.4 Å². The maximum absolute atomic E-state index is 10.8. The molecule has 0 fully saturated rings. The van der Waals surface area contributed by atoms with Gasteiger partial charge < -0.3 is 16.4 Å². The molecule has 0 aliphatic heterocycles. The SMILES string of the molecule is CCCCCCC.CNC(C)C.Nc1nc(Nc2ccc(C#Cc3cc(C=O)ccn3)cc2)ncc1-c1ccccn1. The Labute approximate surface area is 250 Å². The number of aromatic nitrogens is 4. The Kier molecular flexibility index (Phi) is 15.6. The highest BCUT2D eigenvalue weighted by atomic mass is 16.1. The largest absolute Gasteiger partial charge is 0.383 e. The summed E-state index contributed by atoms with van der Waals surface area (Å²) in [6, 6.07) is 17.0. The minimum Gasteiger partial charge on any atom is -0.383 e. The number of nitrogens with zero attached hydrogens (tertiary/aromatic N) is 4. The molecule has 0 unspecified atom stereocenters. The summed E-state index contributed by atoms with van der Waals surface area (Å²) in [5.41, 5.74) is 10.2. The second-order valence-corrected chi connectivity index (χ2v) is 9.76. The van der Waals surface area contributed by atoms with E-state index in [2.05, 4.69) is 70.1 Å². The molecule has 8 heteroatoms. The number of unbranched alkanes of at least 4 members (excludes halogenated alkanes) is 4. The second-order valence-electron chi connectivity index (χ2n) is 9.76. The topological polar surface area (TPSA) is 119 Å². The van der Waals surface area contributed by atoms with Crippen molar-refractivity contribution in [3.05, 3.63) is 90.0 Å². The van der Waals surface area contributed by atoms with E-state index in [9.17, 15) is 4.79 Å². The fourth-order valence-electron chi connectivity index (χ4n) is 3.34. The highest BCUT2D eigenvalue weighted by Crippen LogP contribution is 2.23. The molecule has 0 saturated heterocycles. The molecule has 0 radical (unpaired) electrons. The minimum absolute atomic E-state index is 0.346. The minimum atomic E-state index is 0.346. The van der Waals surface area contributed by atoms with Gasteiger partial charge in [-0.25, -0.2) is 9.97 Å². The summed E-state index contributed by atoms with van der Waals surface area (Å²) >= 11 is 0. The molecule has 0 saturated carbocycles. The van der Waals surface area contributed by atoms with Gasteiger partial charge in [0.2, 0.25) is 5.95 Å². The third-order valence-electron chi connectivity index (χ3n) is 5.94. The van der Waals surface area contributed by atoms with Crippen LogP contribution in [0.15, 0.2) is 73.2 Å². The van der Waals surface area contributed by atoms with Gasteiger partial charge in [-0.3, -0.25) is 9.78 Å². The van der Waals surface area contributed by atoms with Gasteiger partial charge in [-0.15, -0.1) is 0 Å². The van der Waals surface area contributed by atoms with Crippen LogP contribution in [0.4, 0.5) is 17.5 Å². The number of carbonyl (C=O) groups excluding carboxylic acids is 1. The zero-order valence-corrected chi connectivity index (χ0v) is 25.4. The van der Waals surface area contributed by atoms with Crippen LogP contribution in [0.1, 0.15) is 81.4 Å². The lowest BCUT2D eigenvalue weighted by Gasteiger charge is -2.08. The highest BCUT2D eigenvalue weighted by molar-refractivity contribution is 5.75. The van der Waals surface area contributed by atoms with E-state index in [0.29, 0.717) is 34.6 Å². The van der Waals surface area contributed by atoms with Crippen molar-refractivity contribution in [3.8, 4) is 23.1 Å². The lowest BCUT2D eigenvalue weighted by molar-refractivity contribution is 0.112. The van der Waals surface area contributed by atoms with E-state index in [-0.39, 0.29) is 0 Å². The maximum Gasteiger partial charge on any atom is 0.229 e. The van der Waals surface area contributed by atoms with E-state index >= 15 is 0 Å². The molecule has 0 amide bonds. The van der Waals surface area contributed by atoms with E-state index in [1.54, 1.807) is 30.7 Å². The van der Waals surface area contributed by atoms with Gasteiger partial charge >= 0.3 is 0 Å². The Balaban J connectivity index is 0.000000434. The highest BCUT2D eigenvalue weighted by Gasteiger charge is 2.07. The molecule has 220 valence electrons. The van der Waals surface area contributed by atoms with Crippen LogP contribution in [0.25, 0.3) is 11.3 Å². The molecule has 3 heterocycles.